The maximum Gasteiger partial charge on any atom is 0.267 e. The highest BCUT2D eigenvalue weighted by molar-refractivity contribution is 7.13. The highest BCUT2D eigenvalue weighted by Crippen LogP contribution is 2.19. The Kier molecular flexibility index (Phi) is 3.76. The van der Waals surface area contributed by atoms with Gasteiger partial charge in [0, 0.05) is 11.6 Å². The first kappa shape index (κ1) is 12.1. The molecule has 0 atom stereocenters. The average molecular weight is 267 g/mol. The molecule has 5 heteroatoms. The molecule has 0 radical (unpaired) electrons. The third-order valence-corrected chi connectivity index (χ3v) is 3.45. The van der Waals surface area contributed by atoms with Gasteiger partial charge in [-0.25, -0.2) is 4.98 Å². The molecule has 1 aromatic carbocycles. The van der Waals surface area contributed by atoms with Gasteiger partial charge in [-0.15, -0.1) is 22.9 Å². The Labute approximate surface area is 108 Å². The van der Waals surface area contributed by atoms with Crippen molar-refractivity contribution in [2.45, 2.75) is 12.8 Å². The number of anilines is 1. The van der Waals surface area contributed by atoms with Gasteiger partial charge in [-0.3, -0.25) is 4.79 Å². The van der Waals surface area contributed by atoms with Crippen LogP contribution >= 0.6 is 22.9 Å². The molecule has 2 rings (SSSR count). The summed E-state index contributed by atoms with van der Waals surface area (Å²) in [6.07, 6.45) is 1.58. The molecule has 0 fully saturated rings. The number of hydrogen-bond acceptors (Lipinski definition) is 3. The highest BCUT2D eigenvalue weighted by atomic mass is 35.5. The minimum Gasteiger partial charge on any atom is -0.321 e. The molecule has 1 aromatic heterocycles. The van der Waals surface area contributed by atoms with E-state index in [1.165, 1.54) is 11.3 Å². The molecule has 0 aliphatic heterocycles. The summed E-state index contributed by atoms with van der Waals surface area (Å²) in [5, 5.41) is 3.71. The molecule has 17 heavy (non-hydrogen) atoms. The highest BCUT2D eigenvalue weighted by Gasteiger charge is 2.10. The van der Waals surface area contributed by atoms with E-state index >= 15 is 0 Å². The molecule has 88 valence electrons. The van der Waals surface area contributed by atoms with Gasteiger partial charge in [0.05, 0.1) is 11.2 Å². The standard InChI is InChI=1S/C12H11ClN2OS/c1-8-14-7-11(17-8)12(16)15-10-5-3-2-4-9(10)6-13/h2-5,7H,6H2,1H3,(H,15,16). The van der Waals surface area contributed by atoms with Crippen LogP contribution < -0.4 is 5.32 Å². The summed E-state index contributed by atoms with van der Waals surface area (Å²) in [5.74, 6) is 0.228. The molecule has 0 unspecified atom stereocenters. The number of rotatable bonds is 3. The zero-order valence-corrected chi connectivity index (χ0v) is 10.8. The van der Waals surface area contributed by atoms with Gasteiger partial charge in [-0.05, 0) is 18.6 Å². The van der Waals surface area contributed by atoms with Gasteiger partial charge < -0.3 is 5.32 Å². The van der Waals surface area contributed by atoms with Crippen molar-refractivity contribution in [3.05, 3.63) is 45.9 Å². The van der Waals surface area contributed by atoms with Gasteiger partial charge in [0.25, 0.3) is 5.91 Å². The molecule has 2 aromatic rings. The lowest BCUT2D eigenvalue weighted by molar-refractivity contribution is 0.103. The van der Waals surface area contributed by atoms with Crippen LogP contribution in [0.3, 0.4) is 0 Å². The molecule has 3 nitrogen and oxygen atoms in total. The fraction of sp³-hybridized carbons (Fsp3) is 0.167. The summed E-state index contributed by atoms with van der Waals surface area (Å²) >= 11 is 7.18. The second-order valence-corrected chi connectivity index (χ2v) is 4.99. The Hall–Kier alpha value is -1.39. The summed E-state index contributed by atoms with van der Waals surface area (Å²) in [6.45, 7) is 1.87. The topological polar surface area (TPSA) is 42.0 Å². The Balaban J connectivity index is 2.18. The van der Waals surface area contributed by atoms with Crippen LogP contribution in [-0.4, -0.2) is 10.9 Å². The van der Waals surface area contributed by atoms with Gasteiger partial charge in [-0.2, -0.15) is 0 Å². The third-order valence-electron chi connectivity index (χ3n) is 2.25. The molecule has 1 amide bonds. The van der Waals surface area contributed by atoms with E-state index in [1.807, 2.05) is 31.2 Å². The number of halogens is 1. The molecule has 0 spiro atoms. The summed E-state index contributed by atoms with van der Waals surface area (Å²) < 4.78 is 0. The fourth-order valence-electron chi connectivity index (χ4n) is 1.41. The van der Waals surface area contributed by atoms with E-state index < -0.39 is 0 Å². The van der Waals surface area contributed by atoms with Crippen molar-refractivity contribution in [2.75, 3.05) is 5.32 Å². The maximum absolute atomic E-state index is 11.9. The van der Waals surface area contributed by atoms with Crippen molar-refractivity contribution >= 4 is 34.5 Å². The number of aromatic nitrogens is 1. The van der Waals surface area contributed by atoms with Crippen molar-refractivity contribution < 1.29 is 4.79 Å². The van der Waals surface area contributed by atoms with Gasteiger partial charge in [0.15, 0.2) is 0 Å². The lowest BCUT2D eigenvalue weighted by atomic mass is 10.2. The lowest BCUT2D eigenvalue weighted by Crippen LogP contribution is -2.11. The molecule has 1 N–H and O–H groups in total. The summed E-state index contributed by atoms with van der Waals surface area (Å²) in [6, 6.07) is 7.48. The Morgan fingerprint density at radius 2 is 2.24 bits per heavy atom. The maximum atomic E-state index is 11.9. The molecule has 0 aliphatic carbocycles. The molecular weight excluding hydrogens is 256 g/mol. The largest absolute Gasteiger partial charge is 0.321 e. The quantitative estimate of drug-likeness (QED) is 0.865. The molecule has 1 heterocycles. The number of aryl methyl sites for hydroxylation is 1. The Morgan fingerprint density at radius 1 is 1.47 bits per heavy atom. The van der Waals surface area contributed by atoms with Crippen LogP contribution in [0, 0.1) is 6.92 Å². The van der Waals surface area contributed by atoms with E-state index in [0.717, 1.165) is 16.3 Å². The first-order valence-corrected chi connectivity index (χ1v) is 6.43. The second kappa shape index (κ2) is 5.29. The number of carbonyl (C=O) groups is 1. The van der Waals surface area contributed by atoms with Crippen molar-refractivity contribution in [3.8, 4) is 0 Å². The predicted octanol–water partition coefficient (Wildman–Crippen LogP) is 3.44. The van der Waals surface area contributed by atoms with Gasteiger partial charge in [-0.1, -0.05) is 18.2 Å². The van der Waals surface area contributed by atoms with Crippen LogP contribution in [0.15, 0.2) is 30.5 Å². The summed E-state index contributed by atoms with van der Waals surface area (Å²) in [7, 11) is 0. The molecule has 0 saturated heterocycles. The first-order chi connectivity index (χ1) is 8.20. The van der Waals surface area contributed by atoms with E-state index in [9.17, 15) is 4.79 Å². The van der Waals surface area contributed by atoms with E-state index in [-0.39, 0.29) is 5.91 Å². The number of hydrogen-bond donors (Lipinski definition) is 1. The molecule has 0 aliphatic rings. The number of thiazole rings is 1. The predicted molar refractivity (Wildman–Crippen MR) is 70.8 cm³/mol. The number of carbonyl (C=O) groups excluding carboxylic acids is 1. The Morgan fingerprint density at radius 3 is 2.88 bits per heavy atom. The van der Waals surface area contributed by atoms with Crippen LogP contribution in [0.1, 0.15) is 20.2 Å². The number of amides is 1. The van der Waals surface area contributed by atoms with Crippen LogP contribution in [0.25, 0.3) is 0 Å². The van der Waals surface area contributed by atoms with Gasteiger partial charge >= 0.3 is 0 Å². The van der Waals surface area contributed by atoms with Crippen LogP contribution in [0.4, 0.5) is 5.69 Å². The second-order valence-electron chi connectivity index (χ2n) is 3.49. The fourth-order valence-corrected chi connectivity index (χ4v) is 2.31. The van der Waals surface area contributed by atoms with Crippen molar-refractivity contribution in [1.29, 1.82) is 0 Å². The number of nitrogens with zero attached hydrogens (tertiary/aromatic N) is 1. The first-order valence-electron chi connectivity index (χ1n) is 5.08. The minimum absolute atomic E-state index is 0.145. The van der Waals surface area contributed by atoms with Crippen LogP contribution in [0.5, 0.6) is 0 Å². The zero-order valence-electron chi connectivity index (χ0n) is 9.24. The lowest BCUT2D eigenvalue weighted by Gasteiger charge is -2.07. The summed E-state index contributed by atoms with van der Waals surface area (Å²) in [5.41, 5.74) is 1.65. The van der Waals surface area contributed by atoms with Crippen LogP contribution in [-0.2, 0) is 5.88 Å². The smallest absolute Gasteiger partial charge is 0.267 e. The van der Waals surface area contributed by atoms with Gasteiger partial charge in [0.1, 0.15) is 4.88 Å². The normalized spacial score (nSPS) is 10.2. The monoisotopic (exact) mass is 266 g/mol. The number of para-hydroxylation sites is 1. The molecule has 0 saturated carbocycles. The van der Waals surface area contributed by atoms with E-state index in [4.69, 9.17) is 11.6 Å². The molecule has 0 bridgehead atoms. The average Bonchev–Trinajstić information content (AvgIpc) is 2.77. The number of alkyl halides is 1. The number of nitrogens with one attached hydrogen (secondary N) is 1. The molecular formula is C12H11ClN2OS. The van der Waals surface area contributed by atoms with Crippen LogP contribution in [0.2, 0.25) is 0 Å². The number of benzene rings is 1. The van der Waals surface area contributed by atoms with Crippen molar-refractivity contribution in [3.63, 3.8) is 0 Å². The van der Waals surface area contributed by atoms with E-state index in [2.05, 4.69) is 10.3 Å². The third kappa shape index (κ3) is 2.84. The van der Waals surface area contributed by atoms with E-state index in [1.54, 1.807) is 6.20 Å². The van der Waals surface area contributed by atoms with E-state index in [0.29, 0.717) is 10.8 Å². The SMILES string of the molecule is Cc1ncc(C(=O)Nc2ccccc2CCl)s1. The van der Waals surface area contributed by atoms with Crippen molar-refractivity contribution in [1.82, 2.24) is 4.98 Å². The zero-order chi connectivity index (χ0) is 12.3. The Bertz CT molecular complexity index is 539. The van der Waals surface area contributed by atoms with Crippen molar-refractivity contribution in [2.24, 2.45) is 0 Å². The summed E-state index contributed by atoms with van der Waals surface area (Å²) in [4.78, 5) is 16.6. The van der Waals surface area contributed by atoms with Gasteiger partial charge in [0.2, 0.25) is 0 Å². The minimum atomic E-state index is -0.145.